The van der Waals surface area contributed by atoms with E-state index in [1.165, 1.54) is 18.4 Å². The number of hydrogen-bond acceptors (Lipinski definition) is 2. The molecule has 0 aliphatic heterocycles. The highest BCUT2D eigenvalue weighted by Crippen LogP contribution is 2.47. The van der Waals surface area contributed by atoms with E-state index >= 15 is 0 Å². The van der Waals surface area contributed by atoms with Crippen LogP contribution in [0, 0.1) is 12.8 Å². The summed E-state index contributed by atoms with van der Waals surface area (Å²) in [6, 6.07) is -0.487. The Morgan fingerprint density at radius 3 is 2.05 bits per heavy atom. The summed E-state index contributed by atoms with van der Waals surface area (Å²) in [6.07, 6.45) is -10.3. The zero-order chi connectivity index (χ0) is 15.6. The topological polar surface area (TPSA) is 12.0 Å². The summed E-state index contributed by atoms with van der Waals surface area (Å²) >= 11 is 1.13. The van der Waals surface area contributed by atoms with Crippen molar-refractivity contribution in [3.63, 3.8) is 0 Å². The highest BCUT2D eigenvalue weighted by Gasteiger charge is 2.60. The molecule has 1 heterocycles. The zero-order valence-electron chi connectivity index (χ0n) is 10.9. The van der Waals surface area contributed by atoms with Gasteiger partial charge in [-0.05, 0) is 36.9 Å². The molecule has 0 amide bonds. The Balaban J connectivity index is 3.22. The molecule has 0 radical (unpaired) electrons. The van der Waals surface area contributed by atoms with Gasteiger partial charge in [-0.2, -0.15) is 26.3 Å². The van der Waals surface area contributed by atoms with E-state index in [1.807, 2.05) is 0 Å². The van der Waals surface area contributed by atoms with Gasteiger partial charge in [0, 0.05) is 4.88 Å². The number of nitrogens with one attached hydrogen (secondary N) is 1. The van der Waals surface area contributed by atoms with Crippen LogP contribution in [0.1, 0.15) is 29.8 Å². The molecule has 1 nitrogen and oxygen atoms in total. The average molecular weight is 319 g/mol. The number of thiophene rings is 1. The molecular weight excluding hydrogens is 304 g/mol. The van der Waals surface area contributed by atoms with Crippen LogP contribution in [0.25, 0.3) is 0 Å². The Kier molecular flexibility index (Phi) is 5.48. The van der Waals surface area contributed by atoms with E-state index in [9.17, 15) is 26.3 Å². The fourth-order valence-corrected chi connectivity index (χ4v) is 2.74. The van der Waals surface area contributed by atoms with Gasteiger partial charge >= 0.3 is 12.4 Å². The summed E-state index contributed by atoms with van der Waals surface area (Å²) in [7, 11) is 0. The summed E-state index contributed by atoms with van der Waals surface area (Å²) < 4.78 is 77.2. The monoisotopic (exact) mass is 319 g/mol. The summed E-state index contributed by atoms with van der Waals surface area (Å²) in [5.74, 6) is -3.41. The van der Waals surface area contributed by atoms with Crippen molar-refractivity contribution >= 4 is 11.3 Å². The maximum Gasteiger partial charge on any atom is 0.402 e. The molecule has 1 rings (SSSR count). The smallest absolute Gasteiger partial charge is 0.309 e. The van der Waals surface area contributed by atoms with E-state index < -0.39 is 24.3 Å². The van der Waals surface area contributed by atoms with Crippen LogP contribution in [0.4, 0.5) is 26.3 Å². The molecule has 0 aliphatic rings. The molecule has 0 spiro atoms. The molecule has 1 atom stereocenters. The maximum atomic E-state index is 12.9. The van der Waals surface area contributed by atoms with Crippen LogP contribution in [0.3, 0.4) is 0 Å². The van der Waals surface area contributed by atoms with Crippen LogP contribution in [0.15, 0.2) is 11.4 Å². The first-order valence-corrected chi connectivity index (χ1v) is 6.87. The van der Waals surface area contributed by atoms with Crippen LogP contribution < -0.4 is 5.32 Å². The standard InChI is InChI=1S/C12H15F6NS/c1-3-5-19-9(8-4-6-20-7(8)2)10(11(13,14)15)12(16,17)18/h4,6,9-10,19H,3,5H2,1-2H3. The van der Waals surface area contributed by atoms with Crippen LogP contribution in [0.5, 0.6) is 0 Å². The van der Waals surface area contributed by atoms with Crippen molar-refractivity contribution in [3.05, 3.63) is 21.9 Å². The molecule has 0 aromatic carbocycles. The number of rotatable bonds is 5. The lowest BCUT2D eigenvalue weighted by atomic mass is 9.92. The molecule has 0 fully saturated rings. The van der Waals surface area contributed by atoms with Gasteiger partial charge in [0.25, 0.3) is 0 Å². The third-order valence-corrected chi connectivity index (χ3v) is 3.75. The molecule has 8 heteroatoms. The van der Waals surface area contributed by atoms with Crippen molar-refractivity contribution in [3.8, 4) is 0 Å². The Morgan fingerprint density at radius 1 is 1.15 bits per heavy atom. The fourth-order valence-electron chi connectivity index (χ4n) is 1.99. The summed E-state index contributed by atoms with van der Waals surface area (Å²) in [4.78, 5) is 0.456. The summed E-state index contributed by atoms with van der Waals surface area (Å²) in [6.45, 7) is 3.29. The van der Waals surface area contributed by atoms with Gasteiger partial charge in [-0.3, -0.25) is 0 Å². The van der Waals surface area contributed by atoms with Crippen molar-refractivity contribution in [2.45, 2.75) is 38.7 Å². The first-order chi connectivity index (χ1) is 9.09. The van der Waals surface area contributed by atoms with Gasteiger partial charge in [0.05, 0.1) is 6.04 Å². The highest BCUT2D eigenvalue weighted by atomic mass is 32.1. The summed E-state index contributed by atoms with van der Waals surface area (Å²) in [5, 5.41) is 3.89. The number of halogens is 6. The van der Waals surface area contributed by atoms with Crippen molar-refractivity contribution < 1.29 is 26.3 Å². The molecule has 0 aliphatic carbocycles. The minimum atomic E-state index is -5.35. The molecule has 0 saturated carbocycles. The molecular formula is C12H15F6NS. The van der Waals surface area contributed by atoms with Gasteiger partial charge in [-0.15, -0.1) is 11.3 Å². The van der Waals surface area contributed by atoms with E-state index in [1.54, 1.807) is 6.92 Å². The Bertz CT molecular complexity index is 408. The van der Waals surface area contributed by atoms with Gasteiger partial charge in [0.2, 0.25) is 0 Å². The predicted molar refractivity (Wildman–Crippen MR) is 65.7 cm³/mol. The Hall–Kier alpha value is -0.760. The van der Waals surface area contributed by atoms with Crippen LogP contribution in [-0.2, 0) is 0 Å². The van der Waals surface area contributed by atoms with Gasteiger partial charge in [-0.1, -0.05) is 6.92 Å². The second kappa shape index (κ2) is 6.34. The summed E-state index contributed by atoms with van der Waals surface area (Å²) in [5.41, 5.74) is 0.0584. The van der Waals surface area contributed by atoms with Crippen LogP contribution in [-0.4, -0.2) is 18.9 Å². The van der Waals surface area contributed by atoms with Crippen molar-refractivity contribution in [1.29, 1.82) is 0 Å². The van der Waals surface area contributed by atoms with Gasteiger partial charge in [-0.25, -0.2) is 0 Å². The van der Waals surface area contributed by atoms with E-state index in [0.29, 0.717) is 11.3 Å². The van der Waals surface area contributed by atoms with E-state index in [0.717, 1.165) is 11.3 Å². The van der Waals surface area contributed by atoms with E-state index in [4.69, 9.17) is 0 Å². The van der Waals surface area contributed by atoms with Crippen LogP contribution >= 0.6 is 11.3 Å². The van der Waals surface area contributed by atoms with Gasteiger partial charge in [0.1, 0.15) is 0 Å². The maximum absolute atomic E-state index is 12.9. The van der Waals surface area contributed by atoms with E-state index in [-0.39, 0.29) is 12.1 Å². The second-order valence-corrected chi connectivity index (χ2v) is 5.55. The third-order valence-electron chi connectivity index (χ3n) is 2.89. The second-order valence-electron chi connectivity index (χ2n) is 4.42. The van der Waals surface area contributed by atoms with Crippen LogP contribution in [0.2, 0.25) is 0 Å². The van der Waals surface area contributed by atoms with Gasteiger partial charge in [0.15, 0.2) is 5.92 Å². The zero-order valence-corrected chi connectivity index (χ0v) is 11.7. The molecule has 0 bridgehead atoms. The molecule has 1 N–H and O–H groups in total. The lowest BCUT2D eigenvalue weighted by molar-refractivity contribution is -0.292. The van der Waals surface area contributed by atoms with Crippen molar-refractivity contribution in [2.75, 3.05) is 6.54 Å². The van der Waals surface area contributed by atoms with E-state index in [2.05, 4.69) is 5.32 Å². The fraction of sp³-hybridized carbons (Fsp3) is 0.667. The number of alkyl halides is 6. The first-order valence-electron chi connectivity index (χ1n) is 5.99. The average Bonchev–Trinajstić information content (AvgIpc) is 2.66. The predicted octanol–water partition coefficient (Wildman–Crippen LogP) is 4.84. The number of hydrogen-bond donors (Lipinski definition) is 1. The Labute approximate surface area is 117 Å². The highest BCUT2D eigenvalue weighted by molar-refractivity contribution is 7.10. The van der Waals surface area contributed by atoms with Crippen molar-refractivity contribution in [1.82, 2.24) is 5.32 Å². The molecule has 1 aromatic heterocycles. The first kappa shape index (κ1) is 17.3. The van der Waals surface area contributed by atoms with Crippen molar-refractivity contribution in [2.24, 2.45) is 5.92 Å². The molecule has 116 valence electrons. The lowest BCUT2D eigenvalue weighted by Crippen LogP contribution is -2.46. The normalized spacial score (nSPS) is 14.8. The molecule has 1 aromatic rings. The largest absolute Gasteiger partial charge is 0.402 e. The SMILES string of the molecule is CCCNC(c1ccsc1C)C(C(F)(F)F)C(F)(F)F. The lowest BCUT2D eigenvalue weighted by Gasteiger charge is -2.31. The Morgan fingerprint density at radius 2 is 1.70 bits per heavy atom. The van der Waals surface area contributed by atoms with Gasteiger partial charge < -0.3 is 5.32 Å². The molecule has 0 saturated heterocycles. The molecule has 1 unspecified atom stereocenters. The number of aryl methyl sites for hydroxylation is 1. The quantitative estimate of drug-likeness (QED) is 0.766. The molecule has 20 heavy (non-hydrogen) atoms. The third kappa shape index (κ3) is 4.12. The minimum absolute atomic E-state index is 0.0584. The minimum Gasteiger partial charge on any atom is -0.309 e.